The van der Waals surface area contributed by atoms with Crippen LogP contribution in [-0.2, 0) is 4.74 Å². The molecule has 7 rings (SSSR count). The molecule has 3 aromatic heterocycles. The molecule has 0 radical (unpaired) electrons. The summed E-state index contributed by atoms with van der Waals surface area (Å²) in [5, 5.41) is 8.51. The first kappa shape index (κ1) is 32.5. The number of pyridine rings is 1. The van der Waals surface area contributed by atoms with E-state index in [2.05, 4.69) is 38.6 Å². The Morgan fingerprint density at radius 2 is 1.78 bits per heavy atom. The predicted octanol–water partition coefficient (Wildman–Crippen LogP) is 6.99. The van der Waals surface area contributed by atoms with Crippen LogP contribution in [0.3, 0.4) is 0 Å². The molecule has 12 nitrogen and oxygen atoms in total. The molecule has 0 spiro atoms. The molecule has 0 unspecified atom stereocenters. The Bertz CT molecular complexity index is 2110. The van der Waals surface area contributed by atoms with Gasteiger partial charge < -0.3 is 20.3 Å². The second-order valence-corrected chi connectivity index (χ2v) is 12.4. The number of carbonyl (C=O) groups is 2. The van der Waals surface area contributed by atoms with Gasteiger partial charge in [0.2, 0.25) is 5.95 Å². The number of hydrogen-bond donors (Lipinski definition) is 2. The first-order chi connectivity index (χ1) is 24.5. The number of amides is 3. The zero-order valence-electron chi connectivity index (χ0n) is 28.1. The summed E-state index contributed by atoms with van der Waals surface area (Å²) in [5.41, 5.74) is 4.59. The number of imidazole rings is 1. The van der Waals surface area contributed by atoms with Gasteiger partial charge in [0, 0.05) is 49.7 Å². The van der Waals surface area contributed by atoms with Crippen molar-refractivity contribution in [1.29, 1.82) is 0 Å². The molecule has 4 heterocycles. The highest BCUT2D eigenvalue weighted by Crippen LogP contribution is 2.27. The lowest BCUT2D eigenvalue weighted by molar-refractivity contribution is 0.0517. The van der Waals surface area contributed by atoms with E-state index in [-0.39, 0.29) is 12.1 Å². The number of benzene rings is 3. The third kappa shape index (κ3) is 6.91. The number of ether oxygens (including phenoxy) is 1. The Hall–Kier alpha value is -6.04. The molecule has 6 aromatic rings. The van der Waals surface area contributed by atoms with Gasteiger partial charge in [0.15, 0.2) is 0 Å². The third-order valence-corrected chi connectivity index (χ3v) is 9.08. The smallest absolute Gasteiger partial charge is 0.410 e. The second kappa shape index (κ2) is 14.6. The van der Waals surface area contributed by atoms with Crippen molar-refractivity contribution in [2.45, 2.75) is 38.8 Å². The summed E-state index contributed by atoms with van der Waals surface area (Å²) in [6, 6.07) is 24.7. The summed E-state index contributed by atoms with van der Waals surface area (Å²) in [5.74, 6) is 1.03. The Labute approximate surface area is 290 Å². The average molecular weight is 670 g/mol. The van der Waals surface area contributed by atoms with Gasteiger partial charge in [0.25, 0.3) is 0 Å². The van der Waals surface area contributed by atoms with Crippen molar-refractivity contribution in [3.63, 3.8) is 0 Å². The first-order valence-electron chi connectivity index (χ1n) is 16.9. The van der Waals surface area contributed by atoms with E-state index >= 15 is 0 Å². The number of urea groups is 1. The van der Waals surface area contributed by atoms with E-state index < -0.39 is 12.1 Å². The highest BCUT2D eigenvalue weighted by atomic mass is 16.6. The molecule has 12 heteroatoms. The summed E-state index contributed by atoms with van der Waals surface area (Å²) >= 11 is 0. The number of rotatable bonds is 9. The Morgan fingerprint density at radius 1 is 0.940 bits per heavy atom. The molecule has 3 aromatic carbocycles. The van der Waals surface area contributed by atoms with E-state index in [1.165, 1.54) is 0 Å². The Balaban J connectivity index is 1.10. The van der Waals surface area contributed by atoms with Crippen LogP contribution < -0.4 is 10.6 Å². The Morgan fingerprint density at radius 3 is 2.64 bits per heavy atom. The topological polar surface area (TPSA) is 130 Å². The maximum atomic E-state index is 13.6. The van der Waals surface area contributed by atoms with Gasteiger partial charge in [-0.15, -0.1) is 0 Å². The molecular formula is C38H39N9O3. The number of aromatic nitrogens is 5. The number of unbranched alkanes of at least 4 members (excludes halogenated alkanes) is 1. The highest BCUT2D eigenvalue weighted by molar-refractivity contribution is 6.01. The molecule has 1 aliphatic rings. The monoisotopic (exact) mass is 669 g/mol. The molecule has 254 valence electrons. The number of anilines is 2. The number of piperazine rings is 1. The SMILES string of the molecule is CCCCOC(=O)N1CCN(C(=O)Nc2cccc3ccccc23)C[C@H]1[C@H](C)Nc1nccc(-n2cnc3cc(-c4ccncc4)ccc32)n1. The number of fused-ring (bicyclic) bond motifs is 2. The standard InChI is InChI=1S/C38H39N9O3/c1-3-4-22-50-38(49)46-21-20-45(37(48)43-31-11-7-9-28-8-5-6-10-30(28)31)24-34(46)26(2)42-36-40-19-16-35(44-36)47-25-41-32-23-29(12-13-33(32)47)27-14-17-39-18-15-27/h5-19,23,25-26,34H,3-4,20-22,24H2,1-2H3,(H,43,48)(H,40,42,44)/t26-,34-/m0/s1. The normalized spacial score (nSPS) is 15.2. The van der Waals surface area contributed by atoms with Crippen LogP contribution >= 0.6 is 0 Å². The zero-order valence-corrected chi connectivity index (χ0v) is 28.1. The summed E-state index contributed by atoms with van der Waals surface area (Å²) in [4.78, 5) is 48.5. The summed E-state index contributed by atoms with van der Waals surface area (Å²) < 4.78 is 7.55. The lowest BCUT2D eigenvalue weighted by Gasteiger charge is -2.43. The lowest BCUT2D eigenvalue weighted by atomic mass is 10.1. The molecule has 1 fully saturated rings. The minimum Gasteiger partial charge on any atom is -0.449 e. The molecule has 2 N–H and O–H groups in total. The minimum absolute atomic E-state index is 0.227. The lowest BCUT2D eigenvalue weighted by Crippen LogP contribution is -2.62. The molecule has 0 aliphatic carbocycles. The zero-order chi connectivity index (χ0) is 34.5. The molecule has 2 atom stereocenters. The quantitative estimate of drug-likeness (QED) is 0.158. The van der Waals surface area contributed by atoms with Gasteiger partial charge >= 0.3 is 12.1 Å². The molecular weight excluding hydrogens is 630 g/mol. The van der Waals surface area contributed by atoms with Crippen LogP contribution in [0.1, 0.15) is 26.7 Å². The van der Waals surface area contributed by atoms with Gasteiger partial charge in [0.1, 0.15) is 12.1 Å². The van der Waals surface area contributed by atoms with Crippen LogP contribution in [0.15, 0.2) is 104 Å². The van der Waals surface area contributed by atoms with Crippen LogP contribution in [0.2, 0.25) is 0 Å². The van der Waals surface area contributed by atoms with E-state index in [0.717, 1.165) is 51.5 Å². The van der Waals surface area contributed by atoms with Crippen LogP contribution in [0, 0.1) is 0 Å². The summed E-state index contributed by atoms with van der Waals surface area (Å²) in [6.07, 6.45) is 8.30. The molecule has 0 bridgehead atoms. The van der Waals surface area contributed by atoms with Gasteiger partial charge in [0.05, 0.1) is 29.4 Å². The molecule has 1 aliphatic heterocycles. The largest absolute Gasteiger partial charge is 0.449 e. The number of carbonyl (C=O) groups excluding carboxylic acids is 2. The maximum Gasteiger partial charge on any atom is 0.410 e. The fourth-order valence-corrected chi connectivity index (χ4v) is 6.34. The van der Waals surface area contributed by atoms with Crippen molar-refractivity contribution in [3.8, 4) is 16.9 Å². The van der Waals surface area contributed by atoms with E-state index in [1.54, 1.807) is 34.7 Å². The van der Waals surface area contributed by atoms with Crippen molar-refractivity contribution in [3.05, 3.63) is 104 Å². The van der Waals surface area contributed by atoms with Gasteiger partial charge in [-0.1, -0.05) is 55.8 Å². The van der Waals surface area contributed by atoms with Crippen LogP contribution in [-0.4, -0.2) is 84.8 Å². The van der Waals surface area contributed by atoms with Crippen molar-refractivity contribution in [1.82, 2.24) is 34.3 Å². The van der Waals surface area contributed by atoms with E-state index in [4.69, 9.17) is 9.72 Å². The fraction of sp³-hybridized carbons (Fsp3) is 0.263. The van der Waals surface area contributed by atoms with E-state index in [9.17, 15) is 9.59 Å². The summed E-state index contributed by atoms with van der Waals surface area (Å²) in [7, 11) is 0. The van der Waals surface area contributed by atoms with Gasteiger partial charge in [-0.2, -0.15) is 4.98 Å². The van der Waals surface area contributed by atoms with E-state index in [0.29, 0.717) is 38.0 Å². The average Bonchev–Trinajstić information content (AvgIpc) is 3.59. The fourth-order valence-electron chi connectivity index (χ4n) is 6.34. The first-order valence-corrected chi connectivity index (χ1v) is 16.9. The number of hydrogen-bond acceptors (Lipinski definition) is 8. The van der Waals surface area contributed by atoms with Crippen molar-refractivity contribution >= 4 is 45.6 Å². The van der Waals surface area contributed by atoms with Gasteiger partial charge in [-0.05, 0) is 66.3 Å². The van der Waals surface area contributed by atoms with Gasteiger partial charge in [-0.25, -0.2) is 19.6 Å². The minimum atomic E-state index is -0.413. The van der Waals surface area contributed by atoms with Crippen molar-refractivity contribution in [2.24, 2.45) is 0 Å². The second-order valence-electron chi connectivity index (χ2n) is 12.4. The molecule has 3 amide bonds. The number of nitrogens with zero attached hydrogens (tertiary/aromatic N) is 7. The predicted molar refractivity (Wildman–Crippen MR) is 194 cm³/mol. The van der Waals surface area contributed by atoms with Crippen molar-refractivity contribution < 1.29 is 14.3 Å². The number of nitrogens with one attached hydrogen (secondary N) is 2. The van der Waals surface area contributed by atoms with E-state index in [1.807, 2.05) is 84.3 Å². The maximum absolute atomic E-state index is 13.6. The molecule has 1 saturated heterocycles. The van der Waals surface area contributed by atoms with Crippen LogP contribution in [0.25, 0.3) is 38.8 Å². The van der Waals surface area contributed by atoms with Gasteiger partial charge in [-0.3, -0.25) is 14.5 Å². The summed E-state index contributed by atoms with van der Waals surface area (Å²) in [6.45, 7) is 5.35. The van der Waals surface area contributed by atoms with Crippen LogP contribution in [0.5, 0.6) is 0 Å². The molecule has 50 heavy (non-hydrogen) atoms. The Kier molecular flexibility index (Phi) is 9.50. The molecule has 0 saturated carbocycles. The highest BCUT2D eigenvalue weighted by Gasteiger charge is 2.37. The third-order valence-electron chi connectivity index (χ3n) is 9.08. The van der Waals surface area contributed by atoms with Crippen LogP contribution in [0.4, 0.5) is 21.2 Å². The van der Waals surface area contributed by atoms with Crippen molar-refractivity contribution in [2.75, 3.05) is 36.9 Å².